The van der Waals surface area contributed by atoms with E-state index < -0.39 is 5.97 Å². The van der Waals surface area contributed by atoms with E-state index in [0.29, 0.717) is 53.8 Å². The highest BCUT2D eigenvalue weighted by molar-refractivity contribution is 6.17. The molecule has 0 bridgehead atoms. The molecule has 0 aliphatic carbocycles. The number of nitrogens with zero attached hydrogens (tertiary/aromatic N) is 1. The van der Waals surface area contributed by atoms with Crippen LogP contribution in [0.2, 0.25) is 0 Å². The third kappa shape index (κ3) is 3.70. The molecule has 7 heteroatoms. The summed E-state index contributed by atoms with van der Waals surface area (Å²) < 4.78 is 17.4. The topological polar surface area (TPSA) is 85.3 Å². The van der Waals surface area contributed by atoms with Crippen molar-refractivity contribution in [2.75, 3.05) is 25.2 Å². The number of aliphatic carboxylic acids is 1. The van der Waals surface area contributed by atoms with E-state index >= 15 is 0 Å². The average Bonchev–Trinajstić information content (AvgIpc) is 3.13. The number of carboxylic acids is 1. The smallest absolute Gasteiger partial charge is 0.307 e. The molecular weight excluding hydrogens is 410 g/mol. The highest BCUT2D eigenvalue weighted by Gasteiger charge is 2.36. The van der Waals surface area contributed by atoms with Crippen LogP contribution in [0.1, 0.15) is 35.3 Å². The van der Waals surface area contributed by atoms with Gasteiger partial charge in [0.15, 0.2) is 0 Å². The second kappa shape index (κ2) is 8.78. The van der Waals surface area contributed by atoms with E-state index in [-0.39, 0.29) is 12.3 Å². The van der Waals surface area contributed by atoms with Gasteiger partial charge < -0.3 is 24.2 Å². The first-order valence-corrected chi connectivity index (χ1v) is 10.5. The molecule has 32 heavy (non-hydrogen) atoms. The monoisotopic (exact) mass is 435 g/mol. The van der Waals surface area contributed by atoms with Crippen LogP contribution in [0, 0.1) is 0 Å². The minimum atomic E-state index is -0.896. The Morgan fingerprint density at radius 1 is 1.00 bits per heavy atom. The van der Waals surface area contributed by atoms with E-state index in [9.17, 15) is 9.59 Å². The maximum absolute atomic E-state index is 13.6. The molecular formula is C25H25NO6. The second-order valence-corrected chi connectivity index (χ2v) is 7.42. The highest BCUT2D eigenvalue weighted by atomic mass is 16.5. The Morgan fingerprint density at radius 3 is 2.31 bits per heavy atom. The van der Waals surface area contributed by atoms with Gasteiger partial charge in [-0.1, -0.05) is 12.1 Å². The lowest BCUT2D eigenvalue weighted by atomic mass is 9.99. The van der Waals surface area contributed by atoms with Crippen LogP contribution in [0.4, 0.5) is 5.69 Å². The first-order chi connectivity index (χ1) is 15.5. The Balaban J connectivity index is 1.86. The van der Waals surface area contributed by atoms with Crippen molar-refractivity contribution in [3.8, 4) is 17.2 Å². The van der Waals surface area contributed by atoms with E-state index in [1.807, 2.05) is 32.0 Å². The molecule has 0 aromatic heterocycles. The fourth-order valence-electron chi connectivity index (χ4n) is 4.11. The van der Waals surface area contributed by atoms with Gasteiger partial charge in [0.1, 0.15) is 17.2 Å². The number of ether oxygens (including phenoxy) is 3. The summed E-state index contributed by atoms with van der Waals surface area (Å²) in [7, 11) is 1.61. The van der Waals surface area contributed by atoms with Crippen molar-refractivity contribution in [3.05, 3.63) is 59.2 Å². The van der Waals surface area contributed by atoms with E-state index in [1.165, 1.54) is 0 Å². The summed E-state index contributed by atoms with van der Waals surface area (Å²) in [6.45, 7) is 4.99. The zero-order valence-corrected chi connectivity index (χ0v) is 18.3. The molecule has 0 atom stereocenters. The molecule has 1 N–H and O–H groups in total. The van der Waals surface area contributed by atoms with Crippen molar-refractivity contribution >= 4 is 28.3 Å². The normalized spacial score (nSPS) is 12.7. The molecule has 0 fully saturated rings. The molecule has 1 heterocycles. The SMILES string of the molecule is CCOc1c2c(c(OCC)c3ccc(OC)cc13)C(=O)N(c1ccc(CC(=O)O)cc1)C2. The van der Waals surface area contributed by atoms with Gasteiger partial charge in [-0.3, -0.25) is 9.59 Å². The average molecular weight is 435 g/mol. The number of carbonyl (C=O) groups is 2. The molecule has 0 saturated heterocycles. The standard InChI is InChI=1S/C25H25NO6/c1-4-31-23-19-13-17(30-3)10-11-18(19)24(32-5-2)22-20(23)14-26(25(22)29)16-8-6-15(7-9-16)12-21(27)28/h6-11,13H,4-5,12,14H2,1-3H3,(H,27,28). The molecule has 7 nitrogen and oxygen atoms in total. The number of rotatable bonds is 8. The second-order valence-electron chi connectivity index (χ2n) is 7.42. The molecule has 0 saturated carbocycles. The summed E-state index contributed by atoms with van der Waals surface area (Å²) in [5, 5.41) is 10.6. The number of hydrogen-bond donors (Lipinski definition) is 1. The molecule has 1 aliphatic rings. The van der Waals surface area contributed by atoms with Crippen LogP contribution in [-0.2, 0) is 17.8 Å². The van der Waals surface area contributed by atoms with Gasteiger partial charge in [-0.25, -0.2) is 0 Å². The van der Waals surface area contributed by atoms with E-state index in [2.05, 4.69) is 0 Å². The highest BCUT2D eigenvalue weighted by Crippen LogP contribution is 2.47. The maximum atomic E-state index is 13.6. The van der Waals surface area contributed by atoms with Gasteiger partial charge in [0, 0.05) is 22.0 Å². The molecule has 0 unspecified atom stereocenters. The van der Waals surface area contributed by atoms with Gasteiger partial charge in [-0.2, -0.15) is 0 Å². The zero-order chi connectivity index (χ0) is 22.8. The number of anilines is 1. The molecule has 1 aliphatic heterocycles. The Morgan fingerprint density at radius 2 is 1.69 bits per heavy atom. The van der Waals surface area contributed by atoms with Crippen molar-refractivity contribution in [1.29, 1.82) is 0 Å². The fraction of sp³-hybridized carbons (Fsp3) is 0.280. The van der Waals surface area contributed by atoms with Crippen molar-refractivity contribution < 1.29 is 28.9 Å². The first-order valence-electron chi connectivity index (χ1n) is 10.5. The number of amides is 1. The van der Waals surface area contributed by atoms with Crippen LogP contribution in [0.5, 0.6) is 17.2 Å². The summed E-state index contributed by atoms with van der Waals surface area (Å²) >= 11 is 0. The Labute approximate surface area is 186 Å². The summed E-state index contributed by atoms with van der Waals surface area (Å²) in [6.07, 6.45) is -0.0648. The Hall–Kier alpha value is -3.74. The van der Waals surface area contributed by atoms with Gasteiger partial charge in [-0.05, 0) is 49.7 Å². The maximum Gasteiger partial charge on any atom is 0.307 e. The van der Waals surface area contributed by atoms with Crippen molar-refractivity contribution in [3.63, 3.8) is 0 Å². The van der Waals surface area contributed by atoms with Gasteiger partial charge in [0.25, 0.3) is 5.91 Å². The minimum Gasteiger partial charge on any atom is -0.497 e. The molecule has 4 rings (SSSR count). The summed E-state index contributed by atoms with van der Waals surface area (Å²) in [5.74, 6) is 0.813. The third-order valence-electron chi connectivity index (χ3n) is 5.47. The lowest BCUT2D eigenvalue weighted by molar-refractivity contribution is -0.136. The number of benzene rings is 3. The summed E-state index contributed by atoms with van der Waals surface area (Å²) in [5.41, 5.74) is 2.64. The van der Waals surface area contributed by atoms with E-state index in [1.54, 1.807) is 36.3 Å². The van der Waals surface area contributed by atoms with Crippen LogP contribution in [0.3, 0.4) is 0 Å². The van der Waals surface area contributed by atoms with E-state index in [0.717, 1.165) is 16.3 Å². The predicted molar refractivity (Wildman–Crippen MR) is 121 cm³/mol. The predicted octanol–water partition coefficient (Wildman–Crippen LogP) is 4.43. The van der Waals surface area contributed by atoms with Gasteiger partial charge >= 0.3 is 5.97 Å². The number of hydrogen-bond acceptors (Lipinski definition) is 5. The summed E-state index contributed by atoms with van der Waals surface area (Å²) in [6, 6.07) is 12.6. The quantitative estimate of drug-likeness (QED) is 0.563. The molecule has 0 spiro atoms. The van der Waals surface area contributed by atoms with Crippen LogP contribution < -0.4 is 19.1 Å². The number of methoxy groups -OCH3 is 1. The lowest BCUT2D eigenvalue weighted by Crippen LogP contribution is -2.23. The number of carboxylic acid groups (broad SMARTS) is 1. The Kier molecular flexibility index (Phi) is 5.90. The van der Waals surface area contributed by atoms with Crippen LogP contribution in [0.25, 0.3) is 10.8 Å². The fourth-order valence-corrected chi connectivity index (χ4v) is 4.11. The van der Waals surface area contributed by atoms with Crippen LogP contribution >= 0.6 is 0 Å². The lowest BCUT2D eigenvalue weighted by Gasteiger charge is -2.17. The van der Waals surface area contributed by atoms with Gasteiger partial charge in [-0.15, -0.1) is 0 Å². The zero-order valence-electron chi connectivity index (χ0n) is 18.3. The van der Waals surface area contributed by atoms with Crippen molar-refractivity contribution in [1.82, 2.24) is 0 Å². The van der Waals surface area contributed by atoms with Crippen molar-refractivity contribution in [2.24, 2.45) is 0 Å². The molecule has 0 radical (unpaired) electrons. The van der Waals surface area contributed by atoms with Crippen molar-refractivity contribution in [2.45, 2.75) is 26.8 Å². The minimum absolute atomic E-state index is 0.0648. The number of carbonyl (C=O) groups excluding carboxylic acids is 1. The molecule has 1 amide bonds. The van der Waals surface area contributed by atoms with Gasteiger partial charge in [0.05, 0.1) is 38.9 Å². The van der Waals surface area contributed by atoms with Gasteiger partial charge in [0.2, 0.25) is 0 Å². The summed E-state index contributed by atoms with van der Waals surface area (Å²) in [4.78, 5) is 26.2. The molecule has 3 aromatic rings. The Bertz CT molecular complexity index is 1190. The van der Waals surface area contributed by atoms with Crippen LogP contribution in [-0.4, -0.2) is 37.3 Å². The number of fused-ring (bicyclic) bond motifs is 2. The van der Waals surface area contributed by atoms with Crippen LogP contribution in [0.15, 0.2) is 42.5 Å². The first kappa shape index (κ1) is 21.5. The largest absolute Gasteiger partial charge is 0.497 e. The molecule has 3 aromatic carbocycles. The molecule has 166 valence electrons. The third-order valence-corrected chi connectivity index (χ3v) is 5.47. The van der Waals surface area contributed by atoms with E-state index in [4.69, 9.17) is 19.3 Å².